The van der Waals surface area contributed by atoms with Gasteiger partial charge in [-0.15, -0.1) is 4.99 Å². The van der Waals surface area contributed by atoms with E-state index in [4.69, 9.17) is 4.74 Å². The zero-order chi connectivity index (χ0) is 16.3. The largest absolute Gasteiger partial charge is 0.448 e. The molecule has 2 rings (SSSR count). The Balaban J connectivity index is 1.98. The van der Waals surface area contributed by atoms with Crippen LogP contribution in [0.5, 0.6) is 0 Å². The van der Waals surface area contributed by atoms with Crippen molar-refractivity contribution in [1.29, 1.82) is 0 Å². The molecule has 3 unspecified atom stereocenters. The molecule has 124 valence electrons. The van der Waals surface area contributed by atoms with Crippen molar-refractivity contribution >= 4 is 18.1 Å². The standard InChI is InChI=1S/C15H26N4O3/c1-5-22-15(21)17-13(18(2)3)19(4)14(20)16-12-9-10-6-7-11(12)8-10/h10-12H,5-9H2,1-4H3,(H,16,20). The second-order valence-electron chi connectivity index (χ2n) is 6.30. The Morgan fingerprint density at radius 3 is 2.45 bits per heavy atom. The highest BCUT2D eigenvalue weighted by Gasteiger charge is 2.40. The molecule has 2 fully saturated rings. The van der Waals surface area contributed by atoms with Gasteiger partial charge in [0.05, 0.1) is 6.61 Å². The number of fused-ring (bicyclic) bond motifs is 2. The highest BCUT2D eigenvalue weighted by molar-refractivity contribution is 6.00. The van der Waals surface area contributed by atoms with E-state index in [9.17, 15) is 9.59 Å². The fourth-order valence-electron chi connectivity index (χ4n) is 3.48. The van der Waals surface area contributed by atoms with Gasteiger partial charge in [0.15, 0.2) is 0 Å². The van der Waals surface area contributed by atoms with Crippen LogP contribution in [0.3, 0.4) is 0 Å². The van der Waals surface area contributed by atoms with Gasteiger partial charge in [-0.05, 0) is 38.0 Å². The Morgan fingerprint density at radius 1 is 1.23 bits per heavy atom. The van der Waals surface area contributed by atoms with E-state index in [2.05, 4.69) is 10.3 Å². The molecule has 0 aliphatic heterocycles. The van der Waals surface area contributed by atoms with Crippen LogP contribution in [-0.4, -0.2) is 61.7 Å². The van der Waals surface area contributed by atoms with E-state index >= 15 is 0 Å². The zero-order valence-corrected chi connectivity index (χ0v) is 13.8. The molecule has 0 aromatic rings. The summed E-state index contributed by atoms with van der Waals surface area (Å²) in [5, 5.41) is 3.08. The van der Waals surface area contributed by atoms with Gasteiger partial charge >= 0.3 is 12.1 Å². The van der Waals surface area contributed by atoms with Gasteiger partial charge in [-0.25, -0.2) is 9.59 Å². The molecule has 0 radical (unpaired) electrons. The number of guanidine groups is 1. The molecule has 22 heavy (non-hydrogen) atoms. The maximum atomic E-state index is 12.4. The predicted molar refractivity (Wildman–Crippen MR) is 83.7 cm³/mol. The van der Waals surface area contributed by atoms with E-state index in [1.165, 1.54) is 24.2 Å². The number of amides is 3. The van der Waals surface area contributed by atoms with E-state index < -0.39 is 6.09 Å². The first kappa shape index (κ1) is 16.6. The Kier molecular flexibility index (Phi) is 5.26. The average Bonchev–Trinajstić information content (AvgIpc) is 3.06. The number of carbonyl (C=O) groups is 2. The van der Waals surface area contributed by atoms with Crippen molar-refractivity contribution in [3.05, 3.63) is 0 Å². The number of urea groups is 1. The molecule has 0 spiro atoms. The molecule has 0 saturated heterocycles. The van der Waals surface area contributed by atoms with Gasteiger partial charge < -0.3 is 15.0 Å². The Bertz CT molecular complexity index is 464. The number of hydrogen-bond donors (Lipinski definition) is 1. The maximum absolute atomic E-state index is 12.4. The summed E-state index contributed by atoms with van der Waals surface area (Å²) in [6.45, 7) is 1.97. The SMILES string of the molecule is CCOC(=O)N=C(N(C)C)N(C)C(=O)NC1CC2CCC1C2. The summed E-state index contributed by atoms with van der Waals surface area (Å²) in [6, 6.07) is 0.0222. The zero-order valence-electron chi connectivity index (χ0n) is 13.8. The lowest BCUT2D eigenvalue weighted by atomic mass is 9.95. The summed E-state index contributed by atoms with van der Waals surface area (Å²) in [5.74, 6) is 1.63. The Morgan fingerprint density at radius 2 is 1.95 bits per heavy atom. The minimum atomic E-state index is -0.689. The van der Waals surface area contributed by atoms with Gasteiger partial charge in [0.1, 0.15) is 0 Å². The third kappa shape index (κ3) is 3.69. The fourth-order valence-corrected chi connectivity index (χ4v) is 3.48. The van der Waals surface area contributed by atoms with Crippen LogP contribution in [-0.2, 0) is 4.74 Å². The summed E-state index contributed by atoms with van der Waals surface area (Å²) in [6.07, 6.45) is 4.10. The van der Waals surface area contributed by atoms with Crippen molar-refractivity contribution in [1.82, 2.24) is 15.1 Å². The van der Waals surface area contributed by atoms with Crippen molar-refractivity contribution < 1.29 is 14.3 Å². The van der Waals surface area contributed by atoms with E-state index in [1.807, 2.05) is 0 Å². The summed E-state index contributed by atoms with van der Waals surface area (Å²) < 4.78 is 4.81. The number of hydrogen-bond acceptors (Lipinski definition) is 3. The second kappa shape index (κ2) is 6.98. The van der Waals surface area contributed by atoms with Gasteiger partial charge in [-0.2, -0.15) is 0 Å². The summed E-state index contributed by atoms with van der Waals surface area (Å²) in [5.41, 5.74) is 0. The van der Waals surface area contributed by atoms with Crippen molar-refractivity contribution in [3.8, 4) is 0 Å². The number of ether oxygens (including phenoxy) is 1. The average molecular weight is 310 g/mol. The van der Waals surface area contributed by atoms with Crippen LogP contribution >= 0.6 is 0 Å². The molecular weight excluding hydrogens is 284 g/mol. The highest BCUT2D eigenvalue weighted by Crippen LogP contribution is 2.44. The maximum Gasteiger partial charge on any atom is 0.436 e. The quantitative estimate of drug-likeness (QED) is 0.624. The van der Waals surface area contributed by atoms with Crippen molar-refractivity contribution in [3.63, 3.8) is 0 Å². The van der Waals surface area contributed by atoms with Crippen LogP contribution in [0.4, 0.5) is 9.59 Å². The Hall–Kier alpha value is -1.79. The van der Waals surface area contributed by atoms with Crippen LogP contribution in [0, 0.1) is 11.8 Å². The monoisotopic (exact) mass is 310 g/mol. The van der Waals surface area contributed by atoms with Gasteiger partial charge in [0.2, 0.25) is 5.96 Å². The molecular formula is C15H26N4O3. The van der Waals surface area contributed by atoms with Crippen molar-refractivity contribution in [2.45, 2.75) is 38.6 Å². The fraction of sp³-hybridized carbons (Fsp3) is 0.800. The first-order valence-electron chi connectivity index (χ1n) is 7.89. The van der Waals surface area contributed by atoms with Crippen molar-refractivity contribution in [2.24, 2.45) is 16.8 Å². The van der Waals surface area contributed by atoms with Crippen LogP contribution < -0.4 is 5.32 Å². The lowest BCUT2D eigenvalue weighted by Gasteiger charge is -2.28. The summed E-state index contributed by atoms with van der Waals surface area (Å²) in [7, 11) is 5.08. The molecule has 2 bridgehead atoms. The van der Waals surface area contributed by atoms with E-state index in [0.717, 1.165) is 12.3 Å². The topological polar surface area (TPSA) is 74.2 Å². The Labute approximate surface area is 131 Å². The normalized spacial score (nSPS) is 26.7. The molecule has 0 aromatic carbocycles. The molecule has 7 heteroatoms. The molecule has 0 heterocycles. The number of aliphatic imine (C=N–C) groups is 1. The van der Waals surface area contributed by atoms with Gasteiger partial charge in [0, 0.05) is 27.2 Å². The van der Waals surface area contributed by atoms with Gasteiger partial charge in [0.25, 0.3) is 0 Å². The number of nitrogens with zero attached hydrogens (tertiary/aromatic N) is 3. The number of nitrogens with one attached hydrogen (secondary N) is 1. The van der Waals surface area contributed by atoms with Crippen LogP contribution in [0.1, 0.15) is 32.6 Å². The first-order valence-corrected chi connectivity index (χ1v) is 7.89. The molecule has 3 atom stereocenters. The third-order valence-corrected chi connectivity index (χ3v) is 4.51. The van der Waals surface area contributed by atoms with Gasteiger partial charge in [-0.1, -0.05) is 6.42 Å². The molecule has 2 saturated carbocycles. The molecule has 7 nitrogen and oxygen atoms in total. The van der Waals surface area contributed by atoms with Crippen molar-refractivity contribution in [2.75, 3.05) is 27.7 Å². The van der Waals surface area contributed by atoms with Crippen LogP contribution in [0.25, 0.3) is 0 Å². The lowest BCUT2D eigenvalue weighted by molar-refractivity contribution is 0.162. The second-order valence-corrected chi connectivity index (χ2v) is 6.30. The summed E-state index contributed by atoms with van der Waals surface area (Å²) in [4.78, 5) is 30.8. The molecule has 0 aromatic heterocycles. The summed E-state index contributed by atoms with van der Waals surface area (Å²) >= 11 is 0. The third-order valence-electron chi connectivity index (χ3n) is 4.51. The smallest absolute Gasteiger partial charge is 0.436 e. The van der Waals surface area contributed by atoms with Gasteiger partial charge in [-0.3, -0.25) is 4.90 Å². The first-order chi connectivity index (χ1) is 10.4. The highest BCUT2D eigenvalue weighted by atomic mass is 16.5. The molecule has 3 amide bonds. The minimum absolute atomic E-state index is 0.228. The van der Waals surface area contributed by atoms with Crippen LogP contribution in [0.15, 0.2) is 4.99 Å². The molecule has 1 N–H and O–H groups in total. The van der Waals surface area contributed by atoms with E-state index in [0.29, 0.717) is 5.92 Å². The molecule has 2 aliphatic rings. The molecule has 2 aliphatic carbocycles. The van der Waals surface area contributed by atoms with Crippen LogP contribution in [0.2, 0.25) is 0 Å². The number of rotatable bonds is 2. The number of carbonyl (C=O) groups excluding carboxylic acids is 2. The predicted octanol–water partition coefficient (Wildman–Crippen LogP) is 1.89. The lowest BCUT2D eigenvalue weighted by Crippen LogP contribution is -2.50. The van der Waals surface area contributed by atoms with E-state index in [1.54, 1.807) is 33.0 Å². The van der Waals surface area contributed by atoms with E-state index in [-0.39, 0.29) is 24.6 Å². The minimum Gasteiger partial charge on any atom is -0.448 e.